The van der Waals surface area contributed by atoms with Crippen LogP contribution in [-0.4, -0.2) is 42.8 Å². The van der Waals surface area contributed by atoms with E-state index in [4.69, 9.17) is 0 Å². The van der Waals surface area contributed by atoms with Crippen LogP contribution >= 0.6 is 0 Å². The number of Topliss-reactive ketones (excluding diaryl/α,β-unsaturated/α-hetero) is 1. The molecule has 1 aliphatic rings. The topological polar surface area (TPSA) is 40.6 Å². The molecule has 4 heteroatoms. The predicted molar refractivity (Wildman–Crippen MR) is 99.0 cm³/mol. The highest BCUT2D eigenvalue weighted by Crippen LogP contribution is 2.23. The van der Waals surface area contributed by atoms with Crippen molar-refractivity contribution in [3.05, 3.63) is 36.4 Å². The van der Waals surface area contributed by atoms with E-state index in [9.17, 15) is 9.59 Å². The molecular formula is C20H28N2O2. The van der Waals surface area contributed by atoms with Crippen molar-refractivity contribution in [3.8, 4) is 0 Å². The Morgan fingerprint density at radius 3 is 2.54 bits per heavy atom. The lowest BCUT2D eigenvalue weighted by molar-refractivity contribution is -0.135. The summed E-state index contributed by atoms with van der Waals surface area (Å²) < 4.78 is 0. The molecule has 1 aromatic rings. The Hall–Kier alpha value is -2.10. The average Bonchev–Trinajstić information content (AvgIpc) is 2.60. The number of carbonyl (C=O) groups excluding carboxylic acids is 2. The number of ketones is 1. The first kappa shape index (κ1) is 18.2. The molecule has 1 unspecified atom stereocenters. The lowest BCUT2D eigenvalue weighted by Gasteiger charge is -2.32. The molecule has 0 N–H and O–H groups in total. The number of nitrogens with zero attached hydrogens (tertiary/aromatic N) is 2. The minimum absolute atomic E-state index is 0.0893. The molecule has 1 aliphatic heterocycles. The molecule has 1 amide bonds. The van der Waals surface area contributed by atoms with E-state index in [1.54, 1.807) is 13.0 Å². The maximum absolute atomic E-state index is 12.7. The highest BCUT2D eigenvalue weighted by Gasteiger charge is 2.25. The van der Waals surface area contributed by atoms with E-state index in [1.807, 2.05) is 41.0 Å². The van der Waals surface area contributed by atoms with E-state index in [1.165, 1.54) is 6.42 Å². The van der Waals surface area contributed by atoms with Gasteiger partial charge in [-0.05, 0) is 37.8 Å². The largest absolute Gasteiger partial charge is 0.363 e. The lowest BCUT2D eigenvalue weighted by atomic mass is 10.0. The number of hydrogen-bond donors (Lipinski definition) is 0. The van der Waals surface area contributed by atoms with Crippen LogP contribution in [0, 0.1) is 5.92 Å². The average molecular weight is 328 g/mol. The SMILES string of the molecule is C=Cc1ccccc1N(CC(C)=O)CC(C)C(=O)N1CCCCC1. The zero-order valence-electron chi connectivity index (χ0n) is 14.8. The first-order chi connectivity index (χ1) is 11.5. The summed E-state index contributed by atoms with van der Waals surface area (Å²) in [6.45, 7) is 9.97. The lowest BCUT2D eigenvalue weighted by Crippen LogP contribution is -2.43. The fraction of sp³-hybridized carbons (Fsp3) is 0.500. The highest BCUT2D eigenvalue weighted by molar-refractivity contribution is 5.84. The van der Waals surface area contributed by atoms with Gasteiger partial charge in [0.05, 0.1) is 12.5 Å². The van der Waals surface area contributed by atoms with Crippen molar-refractivity contribution in [2.75, 3.05) is 31.1 Å². The maximum atomic E-state index is 12.7. The van der Waals surface area contributed by atoms with E-state index in [-0.39, 0.29) is 17.6 Å². The van der Waals surface area contributed by atoms with Crippen LogP contribution in [0.1, 0.15) is 38.7 Å². The van der Waals surface area contributed by atoms with Crippen molar-refractivity contribution >= 4 is 23.5 Å². The van der Waals surface area contributed by atoms with E-state index >= 15 is 0 Å². The van der Waals surface area contributed by atoms with Crippen molar-refractivity contribution in [1.29, 1.82) is 0 Å². The van der Waals surface area contributed by atoms with Crippen LogP contribution in [0.25, 0.3) is 6.08 Å². The molecule has 1 atom stereocenters. The Balaban J connectivity index is 2.14. The molecule has 1 fully saturated rings. The summed E-state index contributed by atoms with van der Waals surface area (Å²) in [5.74, 6) is 0.145. The van der Waals surface area contributed by atoms with Crippen LogP contribution in [0.4, 0.5) is 5.69 Å². The third-order valence-electron chi connectivity index (χ3n) is 4.49. The first-order valence-electron chi connectivity index (χ1n) is 8.77. The third-order valence-corrected chi connectivity index (χ3v) is 4.49. The van der Waals surface area contributed by atoms with Crippen molar-refractivity contribution < 1.29 is 9.59 Å². The van der Waals surface area contributed by atoms with Crippen LogP contribution in [0.5, 0.6) is 0 Å². The molecule has 0 aliphatic carbocycles. The van der Waals surface area contributed by atoms with Crippen LogP contribution in [0.15, 0.2) is 30.8 Å². The quantitative estimate of drug-likeness (QED) is 0.770. The number of amides is 1. The summed E-state index contributed by atoms with van der Waals surface area (Å²) in [7, 11) is 0. The molecule has 0 bridgehead atoms. The molecule has 0 radical (unpaired) electrons. The normalized spacial score (nSPS) is 15.7. The highest BCUT2D eigenvalue weighted by atomic mass is 16.2. The summed E-state index contributed by atoms with van der Waals surface area (Å²) >= 11 is 0. The number of hydrogen-bond acceptors (Lipinski definition) is 3. The third kappa shape index (κ3) is 4.70. The van der Waals surface area contributed by atoms with Gasteiger partial charge in [-0.2, -0.15) is 0 Å². The summed E-state index contributed by atoms with van der Waals surface area (Å²) in [6.07, 6.45) is 5.19. The Morgan fingerprint density at radius 1 is 1.25 bits per heavy atom. The zero-order valence-corrected chi connectivity index (χ0v) is 14.8. The molecular weight excluding hydrogens is 300 g/mol. The molecule has 0 saturated carbocycles. The molecule has 130 valence electrons. The van der Waals surface area contributed by atoms with Gasteiger partial charge in [-0.15, -0.1) is 0 Å². The van der Waals surface area contributed by atoms with Crippen molar-refractivity contribution in [1.82, 2.24) is 4.90 Å². The predicted octanol–water partition coefficient (Wildman–Crippen LogP) is 3.37. The van der Waals surface area contributed by atoms with Crippen molar-refractivity contribution in [2.24, 2.45) is 5.92 Å². The fourth-order valence-electron chi connectivity index (χ4n) is 3.30. The van der Waals surface area contributed by atoms with E-state index in [2.05, 4.69) is 6.58 Å². The second-order valence-electron chi connectivity index (χ2n) is 6.63. The minimum Gasteiger partial charge on any atom is -0.363 e. The number of carbonyl (C=O) groups is 2. The van der Waals surface area contributed by atoms with Gasteiger partial charge in [0.1, 0.15) is 5.78 Å². The first-order valence-corrected chi connectivity index (χ1v) is 8.77. The molecule has 2 rings (SSSR count). The van der Waals surface area contributed by atoms with Crippen LogP contribution in [-0.2, 0) is 9.59 Å². The Morgan fingerprint density at radius 2 is 1.92 bits per heavy atom. The van der Waals surface area contributed by atoms with Gasteiger partial charge in [-0.25, -0.2) is 0 Å². The van der Waals surface area contributed by atoms with Gasteiger partial charge in [0, 0.05) is 25.3 Å². The van der Waals surface area contributed by atoms with Gasteiger partial charge in [0.15, 0.2) is 0 Å². The van der Waals surface area contributed by atoms with Gasteiger partial charge in [0.2, 0.25) is 5.91 Å². The maximum Gasteiger partial charge on any atom is 0.227 e. The van der Waals surface area contributed by atoms with E-state index in [0.29, 0.717) is 13.1 Å². The number of para-hydroxylation sites is 1. The second-order valence-corrected chi connectivity index (χ2v) is 6.63. The molecule has 1 heterocycles. The summed E-state index contributed by atoms with van der Waals surface area (Å²) in [5, 5.41) is 0. The molecule has 1 saturated heterocycles. The number of rotatable bonds is 7. The van der Waals surface area contributed by atoms with Gasteiger partial charge < -0.3 is 9.80 Å². The summed E-state index contributed by atoms with van der Waals surface area (Å²) in [5.41, 5.74) is 1.94. The number of anilines is 1. The minimum atomic E-state index is -0.139. The Labute approximate surface area is 145 Å². The van der Waals surface area contributed by atoms with Gasteiger partial charge in [-0.1, -0.05) is 37.8 Å². The molecule has 0 aromatic heterocycles. The van der Waals surface area contributed by atoms with E-state index in [0.717, 1.165) is 37.2 Å². The Bertz CT molecular complexity index is 591. The fourth-order valence-corrected chi connectivity index (χ4v) is 3.30. The molecule has 4 nitrogen and oxygen atoms in total. The van der Waals surface area contributed by atoms with Crippen LogP contribution < -0.4 is 4.90 Å². The standard InChI is InChI=1S/C20H28N2O2/c1-4-18-10-6-7-11-19(18)22(15-17(3)23)14-16(2)20(24)21-12-8-5-9-13-21/h4,6-7,10-11,16H,1,5,8-9,12-15H2,2-3H3. The number of likely N-dealkylation sites (tertiary alicyclic amines) is 1. The molecule has 0 spiro atoms. The van der Waals surface area contributed by atoms with Gasteiger partial charge >= 0.3 is 0 Å². The van der Waals surface area contributed by atoms with Crippen molar-refractivity contribution in [3.63, 3.8) is 0 Å². The Kier molecular flexibility index (Phi) is 6.59. The van der Waals surface area contributed by atoms with Gasteiger partial charge in [0.25, 0.3) is 0 Å². The smallest absolute Gasteiger partial charge is 0.227 e. The van der Waals surface area contributed by atoms with Gasteiger partial charge in [-0.3, -0.25) is 9.59 Å². The monoisotopic (exact) mass is 328 g/mol. The number of piperidine rings is 1. The zero-order chi connectivity index (χ0) is 17.5. The van der Waals surface area contributed by atoms with E-state index < -0.39 is 0 Å². The molecule has 1 aromatic carbocycles. The molecule has 24 heavy (non-hydrogen) atoms. The summed E-state index contributed by atoms with van der Waals surface area (Å²) in [4.78, 5) is 28.4. The van der Waals surface area contributed by atoms with Crippen molar-refractivity contribution in [2.45, 2.75) is 33.1 Å². The number of benzene rings is 1. The summed E-state index contributed by atoms with van der Waals surface area (Å²) in [6, 6.07) is 7.87. The second kappa shape index (κ2) is 8.67. The van der Waals surface area contributed by atoms with Crippen LogP contribution in [0.3, 0.4) is 0 Å². The van der Waals surface area contributed by atoms with Crippen LogP contribution in [0.2, 0.25) is 0 Å².